The molecule has 1 saturated heterocycles. The van der Waals surface area contributed by atoms with E-state index in [2.05, 4.69) is 22.5 Å². The molecule has 1 aromatic carbocycles. The lowest BCUT2D eigenvalue weighted by Crippen LogP contribution is -2.42. The van der Waals surface area contributed by atoms with Crippen LogP contribution >= 0.6 is 11.8 Å². The minimum absolute atomic E-state index is 0.0866. The van der Waals surface area contributed by atoms with Crippen LogP contribution in [0.1, 0.15) is 40.0 Å². The largest absolute Gasteiger partial charge is 0.325 e. The lowest BCUT2D eigenvalue weighted by Gasteiger charge is -2.32. The first kappa shape index (κ1) is 20.7. The van der Waals surface area contributed by atoms with Crippen LogP contribution in [0.4, 0.5) is 15.8 Å². The van der Waals surface area contributed by atoms with Gasteiger partial charge in [0.05, 0.1) is 18.0 Å². The number of amides is 2. The number of carbonyl (C=O) groups excluding carboxylic acids is 2. The maximum atomic E-state index is 13.9. The molecule has 2 rings (SSSR count). The van der Waals surface area contributed by atoms with Gasteiger partial charge in [-0.2, -0.15) is 0 Å². The van der Waals surface area contributed by atoms with Gasteiger partial charge in [-0.05, 0) is 49.8 Å². The number of nitrogens with zero attached hydrogens (tertiary/aromatic N) is 1. The lowest BCUT2D eigenvalue weighted by atomic mass is 10.0. The summed E-state index contributed by atoms with van der Waals surface area (Å²) in [4.78, 5) is 26.4. The van der Waals surface area contributed by atoms with E-state index in [1.54, 1.807) is 0 Å². The van der Waals surface area contributed by atoms with Crippen molar-refractivity contribution < 1.29 is 14.0 Å². The van der Waals surface area contributed by atoms with Crippen LogP contribution in [-0.4, -0.2) is 46.8 Å². The van der Waals surface area contributed by atoms with Crippen molar-refractivity contribution in [2.24, 2.45) is 0 Å². The third-order valence-corrected chi connectivity index (χ3v) is 5.45. The van der Waals surface area contributed by atoms with Crippen molar-refractivity contribution in [3.63, 3.8) is 0 Å². The molecule has 0 bridgehead atoms. The molecule has 1 heterocycles. The second kappa shape index (κ2) is 9.92. The van der Waals surface area contributed by atoms with Crippen molar-refractivity contribution in [3.05, 3.63) is 24.0 Å². The second-order valence-electron chi connectivity index (χ2n) is 6.97. The molecule has 0 spiro atoms. The maximum absolute atomic E-state index is 13.9. The predicted molar refractivity (Wildman–Crippen MR) is 106 cm³/mol. The minimum Gasteiger partial charge on any atom is -0.325 e. The Kier molecular flexibility index (Phi) is 7.90. The number of likely N-dealkylation sites (tertiary alicyclic amines) is 1. The van der Waals surface area contributed by atoms with Crippen molar-refractivity contribution in [1.29, 1.82) is 0 Å². The monoisotopic (exact) mass is 381 g/mol. The van der Waals surface area contributed by atoms with Gasteiger partial charge in [-0.15, -0.1) is 11.8 Å². The molecule has 0 unspecified atom stereocenters. The molecule has 1 fully saturated rings. The van der Waals surface area contributed by atoms with E-state index in [0.29, 0.717) is 23.5 Å². The summed E-state index contributed by atoms with van der Waals surface area (Å²) in [5.41, 5.74) is 0.566. The van der Waals surface area contributed by atoms with Crippen LogP contribution in [0.5, 0.6) is 0 Å². The molecular weight excluding hydrogens is 353 g/mol. The van der Waals surface area contributed by atoms with Gasteiger partial charge in [0.25, 0.3) is 0 Å². The van der Waals surface area contributed by atoms with Crippen LogP contribution in [-0.2, 0) is 9.59 Å². The Hall–Kier alpha value is -1.60. The van der Waals surface area contributed by atoms with Gasteiger partial charge in [-0.1, -0.05) is 20.3 Å². The fourth-order valence-corrected chi connectivity index (χ4v) is 3.46. The first-order chi connectivity index (χ1) is 12.3. The third-order valence-electron chi connectivity index (χ3n) is 4.36. The summed E-state index contributed by atoms with van der Waals surface area (Å²) < 4.78 is 13.9. The average molecular weight is 382 g/mol. The van der Waals surface area contributed by atoms with E-state index >= 15 is 0 Å². The van der Waals surface area contributed by atoms with Gasteiger partial charge in [0.1, 0.15) is 5.82 Å². The number of anilines is 2. The molecule has 0 saturated carbocycles. The number of nitrogens with one attached hydrogen (secondary N) is 2. The predicted octanol–water partition coefficient (Wildman–Crippen LogP) is 3.72. The van der Waals surface area contributed by atoms with E-state index in [-0.39, 0.29) is 23.3 Å². The first-order valence-electron chi connectivity index (χ1n) is 9.10. The standard InChI is InChI=1S/C19H28FN3O2S/c1-13(2)26-12-19(25)22-17-10-15(7-8-16(17)20)21-18(24)11-23-9-5-4-6-14(23)3/h7-8,10,13-14H,4-6,9,11-12H2,1-3H3,(H,21,24)(H,22,25)/t14-/m0/s1. The van der Waals surface area contributed by atoms with Gasteiger partial charge in [0.2, 0.25) is 11.8 Å². The van der Waals surface area contributed by atoms with Crippen molar-refractivity contribution in [1.82, 2.24) is 4.90 Å². The van der Waals surface area contributed by atoms with Crippen LogP contribution < -0.4 is 10.6 Å². The molecule has 2 amide bonds. The average Bonchev–Trinajstić information content (AvgIpc) is 2.58. The number of thioether (sulfide) groups is 1. The molecule has 1 aromatic rings. The van der Waals surface area contributed by atoms with E-state index in [1.165, 1.54) is 36.4 Å². The topological polar surface area (TPSA) is 61.4 Å². The van der Waals surface area contributed by atoms with E-state index in [1.807, 2.05) is 13.8 Å². The Balaban J connectivity index is 1.93. The molecule has 1 atom stereocenters. The highest BCUT2D eigenvalue weighted by atomic mass is 32.2. The Morgan fingerprint density at radius 3 is 2.73 bits per heavy atom. The number of rotatable bonds is 7. The number of hydrogen-bond acceptors (Lipinski definition) is 4. The number of benzene rings is 1. The summed E-state index contributed by atoms with van der Waals surface area (Å²) in [6, 6.07) is 4.62. The maximum Gasteiger partial charge on any atom is 0.238 e. The van der Waals surface area contributed by atoms with Crippen LogP contribution in [0, 0.1) is 5.82 Å². The quantitative estimate of drug-likeness (QED) is 0.756. The number of hydrogen-bond donors (Lipinski definition) is 2. The van der Waals surface area contributed by atoms with Crippen LogP contribution in [0.15, 0.2) is 18.2 Å². The fraction of sp³-hybridized carbons (Fsp3) is 0.579. The highest BCUT2D eigenvalue weighted by Crippen LogP contribution is 2.21. The molecule has 0 aromatic heterocycles. The highest BCUT2D eigenvalue weighted by Gasteiger charge is 2.20. The van der Waals surface area contributed by atoms with Crippen LogP contribution in [0.2, 0.25) is 0 Å². The number of halogens is 1. The molecule has 0 radical (unpaired) electrons. The smallest absolute Gasteiger partial charge is 0.238 e. The molecule has 26 heavy (non-hydrogen) atoms. The molecule has 7 heteroatoms. The molecule has 0 aliphatic carbocycles. The molecule has 5 nitrogen and oxygen atoms in total. The summed E-state index contributed by atoms with van der Waals surface area (Å²) in [5.74, 6) is -0.637. The second-order valence-corrected chi connectivity index (χ2v) is 8.53. The van der Waals surface area contributed by atoms with Crippen LogP contribution in [0.25, 0.3) is 0 Å². The van der Waals surface area contributed by atoms with Crippen molar-refractivity contribution in [2.75, 3.05) is 29.5 Å². The lowest BCUT2D eigenvalue weighted by molar-refractivity contribution is -0.118. The third kappa shape index (κ3) is 6.61. The Morgan fingerprint density at radius 2 is 2.04 bits per heavy atom. The summed E-state index contributed by atoms with van der Waals surface area (Å²) in [5, 5.41) is 5.70. The zero-order valence-electron chi connectivity index (χ0n) is 15.7. The van der Waals surface area contributed by atoms with Crippen LogP contribution in [0.3, 0.4) is 0 Å². The Morgan fingerprint density at radius 1 is 1.27 bits per heavy atom. The SMILES string of the molecule is CC(C)SCC(=O)Nc1cc(NC(=O)CN2CCCC[C@@H]2C)ccc1F. The van der Waals surface area contributed by atoms with Gasteiger partial charge in [-0.25, -0.2) is 4.39 Å². The van der Waals surface area contributed by atoms with E-state index in [0.717, 1.165) is 19.4 Å². The van der Waals surface area contributed by atoms with Crippen molar-refractivity contribution in [2.45, 2.75) is 51.3 Å². The normalized spacial score (nSPS) is 18.0. The van der Waals surface area contributed by atoms with Gasteiger partial charge in [0, 0.05) is 11.7 Å². The summed E-state index contributed by atoms with van der Waals surface area (Å²) in [6.45, 7) is 7.38. The minimum atomic E-state index is -0.518. The summed E-state index contributed by atoms with van der Waals surface area (Å²) >= 11 is 1.49. The molecule has 1 aliphatic heterocycles. The van der Waals surface area contributed by atoms with E-state index < -0.39 is 5.82 Å². The van der Waals surface area contributed by atoms with Gasteiger partial charge in [0.15, 0.2) is 0 Å². The molecule has 1 aliphatic rings. The highest BCUT2D eigenvalue weighted by molar-refractivity contribution is 8.00. The molecule has 2 N–H and O–H groups in total. The van der Waals surface area contributed by atoms with Crippen molar-refractivity contribution in [3.8, 4) is 0 Å². The summed E-state index contributed by atoms with van der Waals surface area (Å²) in [6.07, 6.45) is 3.42. The van der Waals surface area contributed by atoms with E-state index in [9.17, 15) is 14.0 Å². The van der Waals surface area contributed by atoms with E-state index in [4.69, 9.17) is 0 Å². The number of piperidine rings is 1. The first-order valence-corrected chi connectivity index (χ1v) is 10.1. The van der Waals surface area contributed by atoms with Gasteiger partial charge in [-0.3, -0.25) is 14.5 Å². The zero-order chi connectivity index (χ0) is 19.1. The van der Waals surface area contributed by atoms with Crippen molar-refractivity contribution >= 4 is 35.0 Å². The van der Waals surface area contributed by atoms with Gasteiger partial charge < -0.3 is 10.6 Å². The van der Waals surface area contributed by atoms with Gasteiger partial charge >= 0.3 is 0 Å². The number of carbonyl (C=O) groups is 2. The Bertz CT molecular complexity index is 639. The fourth-order valence-electron chi connectivity index (χ4n) is 2.90. The Labute approximate surface area is 159 Å². The molecule has 144 valence electrons. The zero-order valence-corrected chi connectivity index (χ0v) is 16.5. The molecular formula is C19H28FN3O2S. The summed E-state index contributed by atoms with van der Waals surface area (Å²) in [7, 11) is 0.